The van der Waals surface area contributed by atoms with Crippen molar-refractivity contribution in [1.82, 2.24) is 4.72 Å². The summed E-state index contributed by atoms with van der Waals surface area (Å²) in [5, 5.41) is 9.47. The van der Waals surface area contributed by atoms with Crippen molar-refractivity contribution in [3.63, 3.8) is 0 Å². The van der Waals surface area contributed by atoms with Crippen LogP contribution in [0.3, 0.4) is 0 Å². The lowest BCUT2D eigenvalue weighted by Crippen LogP contribution is -2.32. The summed E-state index contributed by atoms with van der Waals surface area (Å²) in [4.78, 5) is 0.148. The summed E-state index contributed by atoms with van der Waals surface area (Å²) in [5.41, 5.74) is 0.570. The standard InChI is InChI=1S/C13H21NO4S/c1-4-18-10(2)9-14-19(16,17)13-7-5-6-12(8-13)11(3)15/h5-8,10-11,14-15H,4,9H2,1-3H3. The number of hydrogen-bond donors (Lipinski definition) is 2. The van der Waals surface area contributed by atoms with Crippen LogP contribution in [0.5, 0.6) is 0 Å². The van der Waals surface area contributed by atoms with Gasteiger partial charge in [-0.05, 0) is 38.5 Å². The van der Waals surface area contributed by atoms with E-state index >= 15 is 0 Å². The molecule has 0 fully saturated rings. The number of rotatable bonds is 7. The maximum Gasteiger partial charge on any atom is 0.240 e. The topological polar surface area (TPSA) is 75.6 Å². The fraction of sp³-hybridized carbons (Fsp3) is 0.538. The van der Waals surface area contributed by atoms with Crippen molar-refractivity contribution in [2.24, 2.45) is 0 Å². The quantitative estimate of drug-likeness (QED) is 0.796. The van der Waals surface area contributed by atoms with E-state index in [1.165, 1.54) is 12.1 Å². The molecule has 2 atom stereocenters. The van der Waals surface area contributed by atoms with E-state index in [0.717, 1.165) is 0 Å². The van der Waals surface area contributed by atoms with E-state index in [1.54, 1.807) is 26.0 Å². The summed E-state index contributed by atoms with van der Waals surface area (Å²) in [6.45, 7) is 6.02. The Kier molecular flexibility index (Phi) is 5.93. The SMILES string of the molecule is CCOC(C)CNS(=O)(=O)c1cccc(C(C)O)c1. The molecule has 1 aromatic carbocycles. The number of aliphatic hydroxyl groups is 1. The molecule has 108 valence electrons. The Morgan fingerprint density at radius 1 is 1.37 bits per heavy atom. The van der Waals surface area contributed by atoms with Crippen LogP contribution in [0.15, 0.2) is 29.2 Å². The Balaban J connectivity index is 2.80. The van der Waals surface area contributed by atoms with E-state index in [-0.39, 0.29) is 17.5 Å². The molecule has 0 spiro atoms. The lowest BCUT2D eigenvalue weighted by Gasteiger charge is -2.13. The molecule has 0 heterocycles. The van der Waals surface area contributed by atoms with Crippen molar-refractivity contribution in [1.29, 1.82) is 0 Å². The molecule has 5 nitrogen and oxygen atoms in total. The molecule has 19 heavy (non-hydrogen) atoms. The smallest absolute Gasteiger partial charge is 0.240 e. The maximum atomic E-state index is 12.1. The first-order valence-corrected chi connectivity index (χ1v) is 7.74. The van der Waals surface area contributed by atoms with Crippen molar-refractivity contribution in [3.05, 3.63) is 29.8 Å². The van der Waals surface area contributed by atoms with Crippen molar-refractivity contribution < 1.29 is 18.3 Å². The Morgan fingerprint density at radius 2 is 2.05 bits per heavy atom. The van der Waals surface area contributed by atoms with Gasteiger partial charge in [-0.25, -0.2) is 13.1 Å². The Hall–Kier alpha value is -0.950. The molecule has 1 rings (SSSR count). The minimum absolute atomic E-state index is 0.148. The Bertz CT molecular complexity index is 499. The highest BCUT2D eigenvalue weighted by Gasteiger charge is 2.16. The highest BCUT2D eigenvalue weighted by Crippen LogP contribution is 2.17. The molecule has 0 aromatic heterocycles. The number of benzene rings is 1. The van der Waals surface area contributed by atoms with Crippen molar-refractivity contribution in [2.45, 2.75) is 37.9 Å². The molecule has 0 bridgehead atoms. The zero-order chi connectivity index (χ0) is 14.5. The van der Waals surface area contributed by atoms with Gasteiger partial charge < -0.3 is 9.84 Å². The largest absolute Gasteiger partial charge is 0.389 e. The van der Waals surface area contributed by atoms with E-state index in [2.05, 4.69) is 4.72 Å². The molecule has 0 saturated carbocycles. The zero-order valence-electron chi connectivity index (χ0n) is 11.5. The second-order valence-corrected chi connectivity index (χ2v) is 6.13. The summed E-state index contributed by atoms with van der Waals surface area (Å²) in [7, 11) is -3.57. The molecule has 1 aromatic rings. The third-order valence-electron chi connectivity index (χ3n) is 2.66. The number of sulfonamides is 1. The second kappa shape index (κ2) is 7.00. The van der Waals surface area contributed by atoms with Gasteiger partial charge in [0.15, 0.2) is 0 Å². The normalized spacial score (nSPS) is 15.2. The number of aliphatic hydroxyl groups excluding tert-OH is 1. The molecule has 2 unspecified atom stereocenters. The fourth-order valence-electron chi connectivity index (χ4n) is 1.60. The third kappa shape index (κ3) is 4.91. The minimum Gasteiger partial charge on any atom is -0.389 e. The van der Waals surface area contributed by atoms with Crippen LogP contribution in [-0.4, -0.2) is 32.8 Å². The van der Waals surface area contributed by atoms with Crippen LogP contribution < -0.4 is 4.72 Å². The summed E-state index contributed by atoms with van der Waals surface area (Å²) >= 11 is 0. The van der Waals surface area contributed by atoms with E-state index in [1.807, 2.05) is 6.92 Å². The van der Waals surface area contributed by atoms with E-state index in [4.69, 9.17) is 4.74 Å². The van der Waals surface area contributed by atoms with Gasteiger partial charge >= 0.3 is 0 Å². The van der Waals surface area contributed by atoms with Crippen LogP contribution in [0.25, 0.3) is 0 Å². The van der Waals surface area contributed by atoms with Gasteiger partial charge in [-0.1, -0.05) is 12.1 Å². The molecule has 0 aliphatic rings. The summed E-state index contributed by atoms with van der Waals surface area (Å²) in [5.74, 6) is 0. The number of ether oxygens (including phenoxy) is 1. The predicted molar refractivity (Wildman–Crippen MR) is 73.4 cm³/mol. The third-order valence-corrected chi connectivity index (χ3v) is 4.08. The molecular formula is C13H21NO4S. The van der Waals surface area contributed by atoms with Gasteiger partial charge in [0.2, 0.25) is 10.0 Å². The van der Waals surface area contributed by atoms with E-state index in [0.29, 0.717) is 12.2 Å². The molecule has 0 aliphatic carbocycles. The number of nitrogens with one attached hydrogen (secondary N) is 1. The van der Waals surface area contributed by atoms with E-state index < -0.39 is 16.1 Å². The molecular weight excluding hydrogens is 266 g/mol. The van der Waals surface area contributed by atoms with Crippen LogP contribution in [-0.2, 0) is 14.8 Å². The van der Waals surface area contributed by atoms with Crippen LogP contribution >= 0.6 is 0 Å². The Labute approximate surface area is 114 Å². The summed E-state index contributed by atoms with van der Waals surface area (Å²) in [6, 6.07) is 6.27. The zero-order valence-corrected chi connectivity index (χ0v) is 12.3. The molecule has 0 saturated heterocycles. The first-order chi connectivity index (χ1) is 8.86. The molecule has 6 heteroatoms. The lowest BCUT2D eigenvalue weighted by molar-refractivity contribution is 0.0799. The average Bonchev–Trinajstić information content (AvgIpc) is 2.37. The summed E-state index contributed by atoms with van der Waals surface area (Å²) in [6.07, 6.45) is -0.878. The Morgan fingerprint density at radius 3 is 2.63 bits per heavy atom. The predicted octanol–water partition coefficient (Wildman–Crippen LogP) is 1.44. The van der Waals surface area contributed by atoms with Crippen LogP contribution in [0.4, 0.5) is 0 Å². The molecule has 0 radical (unpaired) electrons. The molecule has 2 N–H and O–H groups in total. The van der Waals surface area contributed by atoms with Gasteiger partial charge in [0.05, 0.1) is 17.1 Å². The lowest BCUT2D eigenvalue weighted by atomic mass is 10.1. The van der Waals surface area contributed by atoms with Crippen LogP contribution in [0, 0.1) is 0 Å². The highest BCUT2D eigenvalue weighted by molar-refractivity contribution is 7.89. The van der Waals surface area contributed by atoms with E-state index in [9.17, 15) is 13.5 Å². The first-order valence-electron chi connectivity index (χ1n) is 6.26. The molecule has 0 aliphatic heterocycles. The van der Waals surface area contributed by atoms with Gasteiger partial charge in [-0.15, -0.1) is 0 Å². The van der Waals surface area contributed by atoms with Crippen molar-refractivity contribution >= 4 is 10.0 Å². The van der Waals surface area contributed by atoms with Gasteiger partial charge in [-0.2, -0.15) is 0 Å². The summed E-state index contributed by atoms with van der Waals surface area (Å²) < 4.78 is 31.9. The van der Waals surface area contributed by atoms with Gasteiger partial charge in [0, 0.05) is 13.2 Å². The maximum absolute atomic E-state index is 12.1. The average molecular weight is 287 g/mol. The number of hydrogen-bond acceptors (Lipinski definition) is 4. The monoisotopic (exact) mass is 287 g/mol. The van der Waals surface area contributed by atoms with Crippen LogP contribution in [0.1, 0.15) is 32.4 Å². The fourth-order valence-corrected chi connectivity index (χ4v) is 2.77. The first kappa shape index (κ1) is 16.1. The van der Waals surface area contributed by atoms with Gasteiger partial charge in [0.1, 0.15) is 0 Å². The minimum atomic E-state index is -3.57. The van der Waals surface area contributed by atoms with Crippen molar-refractivity contribution in [2.75, 3.05) is 13.2 Å². The van der Waals surface area contributed by atoms with Gasteiger partial charge in [-0.3, -0.25) is 0 Å². The second-order valence-electron chi connectivity index (χ2n) is 4.37. The van der Waals surface area contributed by atoms with Crippen molar-refractivity contribution in [3.8, 4) is 0 Å². The highest BCUT2D eigenvalue weighted by atomic mass is 32.2. The van der Waals surface area contributed by atoms with Crippen LogP contribution in [0.2, 0.25) is 0 Å². The molecule has 0 amide bonds. The van der Waals surface area contributed by atoms with Gasteiger partial charge in [0.25, 0.3) is 0 Å².